The molecule has 0 heterocycles. The molecule has 0 radical (unpaired) electrons. The maximum atomic E-state index is 11.9. The van der Waals surface area contributed by atoms with Crippen molar-refractivity contribution in [3.63, 3.8) is 0 Å². The first-order chi connectivity index (χ1) is 5.91. The molecular weight excluding hydrogens is 189 g/mol. The molecule has 0 aliphatic carbocycles. The van der Waals surface area contributed by atoms with Gasteiger partial charge in [0.15, 0.2) is 0 Å². The van der Waals surface area contributed by atoms with E-state index in [1.807, 2.05) is 0 Å². The molecule has 0 aromatic rings. The van der Waals surface area contributed by atoms with Gasteiger partial charge in [-0.2, -0.15) is 13.2 Å². The van der Waals surface area contributed by atoms with E-state index in [9.17, 15) is 18.0 Å². The molecule has 0 aromatic heterocycles. The highest BCUT2D eigenvalue weighted by atomic mass is 19.4. The first-order valence-electron chi connectivity index (χ1n) is 3.44. The Balaban J connectivity index is 4.14. The van der Waals surface area contributed by atoms with Crippen molar-refractivity contribution < 1.29 is 27.4 Å². The molecule has 0 rings (SSSR count). The fourth-order valence-electron chi connectivity index (χ4n) is 0.504. The number of carbonyl (C=O) groups excluding carboxylic acids is 1. The minimum absolute atomic E-state index is 0.0411. The Morgan fingerprint density at radius 3 is 2.46 bits per heavy atom. The highest BCUT2D eigenvalue weighted by molar-refractivity contribution is 5.60. The average molecular weight is 198 g/mol. The normalized spacial score (nSPS) is 13.2. The SMILES string of the molecule is C=CC(OC(=O)OCC)C(F)(F)F. The molecular formula is C7H9F3O3. The van der Waals surface area contributed by atoms with Crippen LogP contribution in [0.15, 0.2) is 12.7 Å². The van der Waals surface area contributed by atoms with Crippen molar-refractivity contribution in [3.8, 4) is 0 Å². The van der Waals surface area contributed by atoms with E-state index in [0.29, 0.717) is 6.08 Å². The van der Waals surface area contributed by atoms with Crippen LogP contribution in [0.3, 0.4) is 0 Å². The molecule has 0 aliphatic rings. The Morgan fingerprint density at radius 1 is 1.62 bits per heavy atom. The number of rotatable bonds is 3. The summed E-state index contributed by atoms with van der Waals surface area (Å²) in [6.45, 7) is 4.30. The van der Waals surface area contributed by atoms with E-state index >= 15 is 0 Å². The Labute approximate surface area is 73.1 Å². The van der Waals surface area contributed by atoms with Crippen LogP contribution in [0.1, 0.15) is 6.92 Å². The van der Waals surface area contributed by atoms with Gasteiger partial charge in [0.25, 0.3) is 0 Å². The summed E-state index contributed by atoms with van der Waals surface area (Å²) >= 11 is 0. The van der Waals surface area contributed by atoms with Gasteiger partial charge in [0.2, 0.25) is 6.10 Å². The average Bonchev–Trinajstić information content (AvgIpc) is 1.98. The van der Waals surface area contributed by atoms with Gasteiger partial charge in [-0.3, -0.25) is 0 Å². The third-order valence-electron chi connectivity index (χ3n) is 1.02. The van der Waals surface area contributed by atoms with Gasteiger partial charge in [0.05, 0.1) is 6.61 Å². The zero-order chi connectivity index (χ0) is 10.5. The van der Waals surface area contributed by atoms with Gasteiger partial charge in [-0.1, -0.05) is 6.58 Å². The van der Waals surface area contributed by atoms with Gasteiger partial charge in [0, 0.05) is 0 Å². The summed E-state index contributed by atoms with van der Waals surface area (Å²) in [6, 6.07) is 0. The molecule has 6 heteroatoms. The van der Waals surface area contributed by atoms with Crippen LogP contribution >= 0.6 is 0 Å². The van der Waals surface area contributed by atoms with Crippen LogP contribution < -0.4 is 0 Å². The number of ether oxygens (including phenoxy) is 2. The highest BCUT2D eigenvalue weighted by Crippen LogP contribution is 2.23. The molecule has 0 saturated carbocycles. The van der Waals surface area contributed by atoms with Crippen LogP contribution in [0.4, 0.5) is 18.0 Å². The summed E-state index contributed by atoms with van der Waals surface area (Å²) in [6.07, 6.45) is -7.83. The Morgan fingerprint density at radius 2 is 2.15 bits per heavy atom. The van der Waals surface area contributed by atoms with E-state index in [1.54, 1.807) is 0 Å². The van der Waals surface area contributed by atoms with Crippen molar-refractivity contribution in [2.24, 2.45) is 0 Å². The van der Waals surface area contributed by atoms with Crippen molar-refractivity contribution in [2.75, 3.05) is 6.61 Å². The Hall–Kier alpha value is -1.20. The van der Waals surface area contributed by atoms with E-state index in [0.717, 1.165) is 0 Å². The zero-order valence-electron chi connectivity index (χ0n) is 6.93. The fraction of sp³-hybridized carbons (Fsp3) is 0.571. The Kier molecular flexibility index (Phi) is 4.30. The standard InChI is InChI=1S/C7H9F3O3/c1-3-5(7(8,9)10)13-6(11)12-4-2/h3,5H,1,4H2,2H3. The summed E-state index contributed by atoms with van der Waals surface area (Å²) in [5, 5.41) is 0. The van der Waals surface area contributed by atoms with Crippen LogP contribution in [0, 0.1) is 0 Å². The van der Waals surface area contributed by atoms with Gasteiger partial charge < -0.3 is 9.47 Å². The van der Waals surface area contributed by atoms with Crippen molar-refractivity contribution in [2.45, 2.75) is 19.2 Å². The summed E-state index contributed by atoms with van der Waals surface area (Å²) in [5.41, 5.74) is 0. The smallest absolute Gasteiger partial charge is 0.435 e. The molecule has 0 fully saturated rings. The minimum atomic E-state index is -4.64. The van der Waals surface area contributed by atoms with Crippen LogP contribution in [-0.2, 0) is 9.47 Å². The number of hydrogen-bond acceptors (Lipinski definition) is 3. The molecule has 0 saturated heterocycles. The van der Waals surface area contributed by atoms with E-state index in [-0.39, 0.29) is 6.61 Å². The molecule has 0 aromatic carbocycles. The summed E-state index contributed by atoms with van der Waals surface area (Å²) < 4.78 is 43.8. The summed E-state index contributed by atoms with van der Waals surface area (Å²) in [7, 11) is 0. The minimum Gasteiger partial charge on any atom is -0.435 e. The van der Waals surface area contributed by atoms with E-state index in [4.69, 9.17) is 0 Å². The van der Waals surface area contributed by atoms with Gasteiger partial charge >= 0.3 is 12.3 Å². The van der Waals surface area contributed by atoms with Crippen molar-refractivity contribution in [1.29, 1.82) is 0 Å². The molecule has 3 nitrogen and oxygen atoms in total. The topological polar surface area (TPSA) is 35.5 Å². The number of halogens is 3. The second kappa shape index (κ2) is 4.74. The van der Waals surface area contributed by atoms with E-state index in [1.165, 1.54) is 6.92 Å². The van der Waals surface area contributed by atoms with Crippen LogP contribution in [-0.4, -0.2) is 25.0 Å². The largest absolute Gasteiger partial charge is 0.509 e. The maximum Gasteiger partial charge on any atom is 0.509 e. The van der Waals surface area contributed by atoms with Crippen molar-refractivity contribution in [1.82, 2.24) is 0 Å². The predicted molar refractivity (Wildman–Crippen MR) is 38.1 cm³/mol. The lowest BCUT2D eigenvalue weighted by Crippen LogP contribution is -2.32. The van der Waals surface area contributed by atoms with Crippen LogP contribution in [0.5, 0.6) is 0 Å². The van der Waals surface area contributed by atoms with Gasteiger partial charge in [-0.05, 0) is 13.0 Å². The number of alkyl halides is 3. The van der Waals surface area contributed by atoms with E-state index in [2.05, 4.69) is 16.1 Å². The lowest BCUT2D eigenvalue weighted by molar-refractivity contribution is -0.193. The zero-order valence-corrected chi connectivity index (χ0v) is 6.93. The van der Waals surface area contributed by atoms with Crippen molar-refractivity contribution in [3.05, 3.63) is 12.7 Å². The lowest BCUT2D eigenvalue weighted by Gasteiger charge is -2.16. The van der Waals surface area contributed by atoms with Gasteiger partial charge in [-0.15, -0.1) is 0 Å². The molecule has 76 valence electrons. The molecule has 0 bridgehead atoms. The van der Waals surface area contributed by atoms with Gasteiger partial charge in [-0.25, -0.2) is 4.79 Å². The molecule has 0 spiro atoms. The fourth-order valence-corrected chi connectivity index (χ4v) is 0.504. The number of carbonyl (C=O) groups is 1. The van der Waals surface area contributed by atoms with E-state index < -0.39 is 18.4 Å². The second-order valence-electron chi connectivity index (χ2n) is 2.00. The molecule has 0 N–H and O–H groups in total. The molecule has 13 heavy (non-hydrogen) atoms. The lowest BCUT2D eigenvalue weighted by atomic mass is 10.3. The second-order valence-corrected chi connectivity index (χ2v) is 2.00. The van der Waals surface area contributed by atoms with Crippen LogP contribution in [0.2, 0.25) is 0 Å². The third kappa shape index (κ3) is 4.39. The first-order valence-corrected chi connectivity index (χ1v) is 3.44. The highest BCUT2D eigenvalue weighted by Gasteiger charge is 2.41. The summed E-state index contributed by atoms with van der Waals surface area (Å²) in [5.74, 6) is 0. The quantitative estimate of drug-likeness (QED) is 0.515. The maximum absolute atomic E-state index is 11.9. The third-order valence-corrected chi connectivity index (χ3v) is 1.02. The molecule has 0 amide bonds. The monoisotopic (exact) mass is 198 g/mol. The van der Waals surface area contributed by atoms with Crippen molar-refractivity contribution >= 4 is 6.16 Å². The molecule has 1 atom stereocenters. The van der Waals surface area contributed by atoms with Gasteiger partial charge in [0.1, 0.15) is 0 Å². The van der Waals surface area contributed by atoms with Crippen LogP contribution in [0.25, 0.3) is 0 Å². The predicted octanol–water partition coefficient (Wildman–Crippen LogP) is 2.28. The number of hydrogen-bond donors (Lipinski definition) is 0. The first kappa shape index (κ1) is 11.8. The molecule has 0 aliphatic heterocycles. The molecule has 1 unspecified atom stereocenters. The summed E-state index contributed by atoms with van der Waals surface area (Å²) in [4.78, 5) is 10.5. The Bertz CT molecular complexity index is 188.